The number of pyridine rings is 1. The third-order valence-corrected chi connectivity index (χ3v) is 6.46. The second kappa shape index (κ2) is 9.11. The van der Waals surface area contributed by atoms with Crippen molar-refractivity contribution in [3.8, 4) is 0 Å². The second-order valence-corrected chi connectivity index (χ2v) is 9.00. The molecule has 1 atom stereocenters. The number of nitrogens with one attached hydrogen (secondary N) is 2. The molecule has 2 N–H and O–H groups in total. The first-order chi connectivity index (χ1) is 14.5. The van der Waals surface area contributed by atoms with Gasteiger partial charge in [-0.2, -0.15) is 5.10 Å². The van der Waals surface area contributed by atoms with Gasteiger partial charge in [0.1, 0.15) is 0 Å². The molecule has 1 aliphatic heterocycles. The Bertz CT molecular complexity index is 977. The summed E-state index contributed by atoms with van der Waals surface area (Å²) in [5.74, 6) is 0. The molecule has 0 aliphatic carbocycles. The molecule has 0 aromatic carbocycles. The van der Waals surface area contributed by atoms with Crippen molar-refractivity contribution in [2.45, 2.75) is 25.9 Å². The fourth-order valence-corrected chi connectivity index (χ4v) is 4.64. The number of piperazine rings is 1. The molecule has 1 aliphatic rings. The normalized spacial score (nSPS) is 16.8. The molecule has 9 heteroatoms. The summed E-state index contributed by atoms with van der Waals surface area (Å²) >= 11 is 1.74. The Morgan fingerprint density at radius 2 is 2.03 bits per heavy atom. The van der Waals surface area contributed by atoms with Gasteiger partial charge in [-0.3, -0.25) is 4.90 Å². The van der Waals surface area contributed by atoms with E-state index in [2.05, 4.69) is 68.9 Å². The standard InChI is InChI=1S/C21H29N7OS/c1-15(2)28-20-16(12-24-28)11-17(13-22-20)25-21(29)23-14-18(19-5-4-10-30-19)27-8-6-26(3)7-9-27/h4-5,10-13,15,18H,6-9,14H2,1-3H3,(H2,23,25,29). The van der Waals surface area contributed by atoms with E-state index in [1.54, 1.807) is 23.7 Å². The quantitative estimate of drug-likeness (QED) is 0.632. The zero-order chi connectivity index (χ0) is 21.1. The van der Waals surface area contributed by atoms with E-state index < -0.39 is 0 Å². The van der Waals surface area contributed by atoms with Crippen LogP contribution < -0.4 is 10.6 Å². The molecular formula is C21H29N7OS. The van der Waals surface area contributed by atoms with Crippen LogP contribution in [0.25, 0.3) is 11.0 Å². The van der Waals surface area contributed by atoms with Gasteiger partial charge in [-0.1, -0.05) is 6.07 Å². The molecule has 0 saturated carbocycles. The molecule has 2 amide bonds. The molecule has 3 aromatic rings. The Morgan fingerprint density at radius 3 is 2.73 bits per heavy atom. The molecule has 1 fully saturated rings. The van der Waals surface area contributed by atoms with Crippen LogP contribution in [0.2, 0.25) is 0 Å². The number of hydrogen-bond acceptors (Lipinski definition) is 6. The van der Waals surface area contributed by atoms with Crippen molar-refractivity contribution < 1.29 is 4.79 Å². The van der Waals surface area contributed by atoms with Gasteiger partial charge < -0.3 is 15.5 Å². The summed E-state index contributed by atoms with van der Waals surface area (Å²) in [5.41, 5.74) is 1.49. The van der Waals surface area contributed by atoms with Gasteiger partial charge in [0.2, 0.25) is 0 Å². The van der Waals surface area contributed by atoms with Crippen molar-refractivity contribution in [2.75, 3.05) is 45.1 Å². The first-order valence-corrected chi connectivity index (χ1v) is 11.2. The van der Waals surface area contributed by atoms with Crippen LogP contribution in [0.3, 0.4) is 0 Å². The fourth-order valence-electron chi connectivity index (χ4n) is 3.78. The van der Waals surface area contributed by atoms with Crippen LogP contribution >= 0.6 is 11.3 Å². The van der Waals surface area contributed by atoms with E-state index in [1.165, 1.54) is 4.88 Å². The Morgan fingerprint density at radius 1 is 1.23 bits per heavy atom. The molecule has 0 radical (unpaired) electrons. The van der Waals surface area contributed by atoms with Crippen LogP contribution in [0.15, 0.2) is 36.0 Å². The van der Waals surface area contributed by atoms with E-state index in [9.17, 15) is 4.79 Å². The maximum atomic E-state index is 12.6. The summed E-state index contributed by atoms with van der Waals surface area (Å²) in [6.45, 7) is 8.80. The van der Waals surface area contributed by atoms with Gasteiger partial charge in [-0.25, -0.2) is 14.5 Å². The van der Waals surface area contributed by atoms with Gasteiger partial charge >= 0.3 is 6.03 Å². The van der Waals surface area contributed by atoms with Gasteiger partial charge in [0.15, 0.2) is 5.65 Å². The number of rotatable bonds is 6. The predicted molar refractivity (Wildman–Crippen MR) is 121 cm³/mol. The number of amides is 2. The first-order valence-electron chi connectivity index (χ1n) is 10.4. The summed E-state index contributed by atoms with van der Waals surface area (Å²) in [5, 5.41) is 13.3. The minimum atomic E-state index is -0.219. The molecule has 3 aromatic heterocycles. The number of thiophene rings is 1. The Labute approximate surface area is 180 Å². The van der Waals surface area contributed by atoms with Crippen LogP contribution in [0.5, 0.6) is 0 Å². The van der Waals surface area contributed by atoms with Crippen molar-refractivity contribution >= 4 is 34.1 Å². The van der Waals surface area contributed by atoms with Crippen molar-refractivity contribution in [1.82, 2.24) is 29.9 Å². The van der Waals surface area contributed by atoms with E-state index in [-0.39, 0.29) is 18.1 Å². The summed E-state index contributed by atoms with van der Waals surface area (Å²) in [4.78, 5) is 23.1. The highest BCUT2D eigenvalue weighted by atomic mass is 32.1. The van der Waals surface area contributed by atoms with Gasteiger partial charge in [0, 0.05) is 49.0 Å². The smallest absolute Gasteiger partial charge is 0.319 e. The number of urea groups is 1. The molecule has 4 heterocycles. The maximum Gasteiger partial charge on any atom is 0.319 e. The first kappa shape index (κ1) is 20.8. The van der Waals surface area contributed by atoms with Crippen LogP contribution in [0.1, 0.15) is 30.8 Å². The van der Waals surface area contributed by atoms with Gasteiger partial charge in [0.05, 0.1) is 24.1 Å². The van der Waals surface area contributed by atoms with Crippen LogP contribution in [-0.4, -0.2) is 70.4 Å². The third-order valence-electron chi connectivity index (χ3n) is 5.49. The van der Waals surface area contributed by atoms with Gasteiger partial charge in [-0.05, 0) is 38.4 Å². The zero-order valence-electron chi connectivity index (χ0n) is 17.7. The summed E-state index contributed by atoms with van der Waals surface area (Å²) < 4.78 is 1.88. The molecule has 1 unspecified atom stereocenters. The third kappa shape index (κ3) is 4.63. The minimum Gasteiger partial charge on any atom is -0.336 e. The van der Waals surface area contributed by atoms with E-state index in [1.807, 2.05) is 10.7 Å². The Balaban J connectivity index is 1.39. The second-order valence-electron chi connectivity index (χ2n) is 8.03. The monoisotopic (exact) mass is 427 g/mol. The van der Waals surface area contributed by atoms with Crippen LogP contribution in [0, 0.1) is 0 Å². The van der Waals surface area contributed by atoms with Gasteiger partial charge in [0.25, 0.3) is 0 Å². The summed E-state index contributed by atoms with van der Waals surface area (Å²) in [6, 6.07) is 6.34. The lowest BCUT2D eigenvalue weighted by Gasteiger charge is -2.37. The number of carbonyl (C=O) groups excluding carboxylic acids is 1. The van der Waals surface area contributed by atoms with E-state index in [4.69, 9.17) is 0 Å². The SMILES string of the molecule is CC(C)n1ncc2cc(NC(=O)NCC(c3cccs3)N3CCN(C)CC3)cnc21. The molecule has 0 spiro atoms. The van der Waals surface area contributed by atoms with Crippen molar-refractivity contribution in [2.24, 2.45) is 0 Å². The number of likely N-dealkylation sites (N-methyl/N-ethyl adjacent to an activating group) is 1. The van der Waals surface area contributed by atoms with E-state index >= 15 is 0 Å². The summed E-state index contributed by atoms with van der Waals surface area (Å²) in [6.07, 6.45) is 3.46. The lowest BCUT2D eigenvalue weighted by molar-refractivity contribution is 0.113. The zero-order valence-corrected chi connectivity index (χ0v) is 18.5. The number of nitrogens with zero attached hydrogens (tertiary/aromatic N) is 5. The number of fused-ring (bicyclic) bond motifs is 1. The lowest BCUT2D eigenvalue weighted by atomic mass is 10.1. The number of aromatic nitrogens is 3. The number of hydrogen-bond donors (Lipinski definition) is 2. The minimum absolute atomic E-state index is 0.189. The lowest BCUT2D eigenvalue weighted by Crippen LogP contribution is -2.48. The molecule has 8 nitrogen and oxygen atoms in total. The van der Waals surface area contributed by atoms with Crippen LogP contribution in [-0.2, 0) is 0 Å². The maximum absolute atomic E-state index is 12.6. The summed E-state index contributed by atoms with van der Waals surface area (Å²) in [7, 11) is 2.15. The molecule has 0 bridgehead atoms. The Kier molecular flexibility index (Phi) is 6.31. The molecule has 30 heavy (non-hydrogen) atoms. The molecule has 4 rings (SSSR count). The largest absolute Gasteiger partial charge is 0.336 e. The van der Waals surface area contributed by atoms with Crippen molar-refractivity contribution in [3.05, 3.63) is 40.8 Å². The van der Waals surface area contributed by atoms with Crippen molar-refractivity contribution in [1.29, 1.82) is 0 Å². The van der Waals surface area contributed by atoms with E-state index in [0.717, 1.165) is 37.2 Å². The molecule has 160 valence electrons. The highest BCUT2D eigenvalue weighted by molar-refractivity contribution is 7.10. The number of anilines is 1. The van der Waals surface area contributed by atoms with Gasteiger partial charge in [-0.15, -0.1) is 11.3 Å². The van der Waals surface area contributed by atoms with E-state index in [0.29, 0.717) is 12.2 Å². The van der Waals surface area contributed by atoms with Crippen molar-refractivity contribution in [3.63, 3.8) is 0 Å². The molecule has 1 saturated heterocycles. The highest BCUT2D eigenvalue weighted by Gasteiger charge is 2.25. The average molecular weight is 428 g/mol. The topological polar surface area (TPSA) is 78.3 Å². The predicted octanol–water partition coefficient (Wildman–Crippen LogP) is 3.18. The number of carbonyl (C=O) groups is 1. The highest BCUT2D eigenvalue weighted by Crippen LogP contribution is 2.25. The fraction of sp³-hybridized carbons (Fsp3) is 0.476. The Hall–Kier alpha value is -2.49. The average Bonchev–Trinajstić information content (AvgIpc) is 3.39. The van der Waals surface area contributed by atoms with Crippen LogP contribution in [0.4, 0.5) is 10.5 Å². The molecular weight excluding hydrogens is 398 g/mol.